The molecule has 4 rings (SSSR count). The fourth-order valence-corrected chi connectivity index (χ4v) is 5.18. The lowest BCUT2D eigenvalue weighted by molar-refractivity contribution is -0.141. The van der Waals surface area contributed by atoms with Gasteiger partial charge in [0.05, 0.1) is 0 Å². The van der Waals surface area contributed by atoms with Crippen LogP contribution in [0.3, 0.4) is 0 Å². The first-order valence-corrected chi connectivity index (χ1v) is 12.7. The molecule has 33 heavy (non-hydrogen) atoms. The maximum absolute atomic E-state index is 12.8. The molecule has 0 fully saturated rings. The van der Waals surface area contributed by atoms with E-state index >= 15 is 0 Å². The number of rotatable bonds is 8. The van der Waals surface area contributed by atoms with E-state index < -0.39 is 23.5 Å². The molecule has 1 aliphatic carbocycles. The Hall–Kier alpha value is -2.74. The average Bonchev–Trinajstić information content (AvgIpc) is 3.16. The summed E-state index contributed by atoms with van der Waals surface area (Å²) in [4.78, 5) is 36.6. The molecule has 3 aromatic rings. The van der Waals surface area contributed by atoms with Crippen LogP contribution in [0.15, 0.2) is 19.7 Å². The number of aliphatic carboxylic acids is 1. The molecule has 176 valence electrons. The zero-order valence-corrected chi connectivity index (χ0v) is 20.0. The summed E-state index contributed by atoms with van der Waals surface area (Å²) in [6, 6.07) is 1.12. The highest BCUT2D eigenvalue weighted by atomic mass is 32.2. The lowest BCUT2D eigenvalue weighted by Gasteiger charge is -2.14. The van der Waals surface area contributed by atoms with E-state index in [0.717, 1.165) is 58.9 Å². The summed E-state index contributed by atoms with van der Waals surface area (Å²) in [7, 11) is 0. The van der Waals surface area contributed by atoms with Gasteiger partial charge in [-0.25, -0.2) is 9.59 Å². The Morgan fingerprint density at radius 3 is 2.58 bits per heavy atom. The normalized spacial score (nSPS) is 14.4. The second kappa shape index (κ2) is 9.63. The number of thioether (sulfide) groups is 1. The number of aryl methyl sites for hydroxylation is 4. The van der Waals surface area contributed by atoms with Crippen molar-refractivity contribution in [2.75, 3.05) is 12.0 Å². The number of carbonyl (C=O) groups excluding carboxylic acids is 1. The summed E-state index contributed by atoms with van der Waals surface area (Å²) < 4.78 is 11.8. The minimum atomic E-state index is -1.05. The Balaban J connectivity index is 1.63. The van der Waals surface area contributed by atoms with Gasteiger partial charge in [-0.3, -0.25) is 4.79 Å². The summed E-state index contributed by atoms with van der Waals surface area (Å²) >= 11 is 1.53. The molecule has 1 aromatic carbocycles. The van der Waals surface area contributed by atoms with Gasteiger partial charge in [0, 0.05) is 40.3 Å². The van der Waals surface area contributed by atoms with Crippen molar-refractivity contribution in [3.05, 3.63) is 44.5 Å². The Kier molecular flexibility index (Phi) is 6.83. The third kappa shape index (κ3) is 4.53. The molecule has 0 saturated carbocycles. The van der Waals surface area contributed by atoms with Crippen molar-refractivity contribution < 1.29 is 23.5 Å². The van der Waals surface area contributed by atoms with E-state index in [0.29, 0.717) is 23.3 Å². The molecule has 0 bridgehead atoms. The molecule has 0 saturated heterocycles. The SMILES string of the molecule is CSCC[C@@H](NC(=O)CCc1c(C)c2cc3c4c(oc3c(C)c2oc1=O)CCCC4)C(=O)O. The molecule has 1 atom stereocenters. The predicted octanol–water partition coefficient (Wildman–Crippen LogP) is 4.29. The molecule has 2 heterocycles. The molecular formula is C25H29NO6S. The van der Waals surface area contributed by atoms with Gasteiger partial charge in [0.25, 0.3) is 0 Å². The molecule has 7 nitrogen and oxygen atoms in total. The monoisotopic (exact) mass is 471 g/mol. The van der Waals surface area contributed by atoms with Crippen LogP contribution in [0.5, 0.6) is 0 Å². The Morgan fingerprint density at radius 2 is 1.85 bits per heavy atom. The Bertz CT molecular complexity index is 1290. The number of carboxylic acid groups (broad SMARTS) is 1. The minimum Gasteiger partial charge on any atom is -0.480 e. The quantitative estimate of drug-likeness (QED) is 0.472. The van der Waals surface area contributed by atoms with Crippen molar-refractivity contribution in [1.29, 1.82) is 0 Å². The predicted molar refractivity (Wildman–Crippen MR) is 129 cm³/mol. The highest BCUT2D eigenvalue weighted by Gasteiger charge is 2.24. The zero-order chi connectivity index (χ0) is 23.7. The number of hydrogen-bond acceptors (Lipinski definition) is 6. The van der Waals surface area contributed by atoms with Crippen molar-refractivity contribution in [2.45, 2.75) is 64.8 Å². The van der Waals surface area contributed by atoms with Crippen molar-refractivity contribution in [1.82, 2.24) is 5.32 Å². The van der Waals surface area contributed by atoms with Crippen LogP contribution in [-0.2, 0) is 28.9 Å². The topological polar surface area (TPSA) is 110 Å². The number of amides is 1. The van der Waals surface area contributed by atoms with Crippen LogP contribution in [0, 0.1) is 13.8 Å². The Morgan fingerprint density at radius 1 is 1.12 bits per heavy atom. The lowest BCUT2D eigenvalue weighted by atomic mass is 9.93. The van der Waals surface area contributed by atoms with Crippen molar-refractivity contribution in [3.63, 3.8) is 0 Å². The van der Waals surface area contributed by atoms with Crippen molar-refractivity contribution in [2.24, 2.45) is 0 Å². The number of fused-ring (bicyclic) bond motifs is 4. The van der Waals surface area contributed by atoms with E-state index in [1.807, 2.05) is 20.1 Å². The van der Waals surface area contributed by atoms with E-state index in [1.54, 1.807) is 0 Å². The number of carbonyl (C=O) groups is 2. The van der Waals surface area contributed by atoms with Gasteiger partial charge in [-0.15, -0.1) is 0 Å². The van der Waals surface area contributed by atoms with Gasteiger partial charge in [-0.05, 0) is 69.6 Å². The summed E-state index contributed by atoms with van der Waals surface area (Å²) in [6.45, 7) is 3.79. The van der Waals surface area contributed by atoms with E-state index in [1.165, 1.54) is 17.3 Å². The number of benzene rings is 1. The second-order valence-electron chi connectivity index (χ2n) is 8.70. The van der Waals surface area contributed by atoms with Crippen LogP contribution >= 0.6 is 11.8 Å². The first-order valence-electron chi connectivity index (χ1n) is 11.3. The van der Waals surface area contributed by atoms with Gasteiger partial charge >= 0.3 is 11.6 Å². The van der Waals surface area contributed by atoms with E-state index in [2.05, 4.69) is 11.4 Å². The molecule has 1 aliphatic rings. The van der Waals surface area contributed by atoms with Gasteiger partial charge in [0.1, 0.15) is 23.0 Å². The molecule has 1 amide bonds. The highest BCUT2D eigenvalue weighted by molar-refractivity contribution is 7.98. The first-order chi connectivity index (χ1) is 15.8. The van der Waals surface area contributed by atoms with E-state index in [-0.39, 0.29) is 12.8 Å². The van der Waals surface area contributed by atoms with Gasteiger partial charge in [-0.1, -0.05) is 0 Å². The van der Waals surface area contributed by atoms with Gasteiger partial charge in [0.15, 0.2) is 0 Å². The van der Waals surface area contributed by atoms with Crippen LogP contribution < -0.4 is 10.9 Å². The fraction of sp³-hybridized carbons (Fsp3) is 0.480. The lowest BCUT2D eigenvalue weighted by Crippen LogP contribution is -2.41. The second-order valence-corrected chi connectivity index (χ2v) is 9.68. The third-order valence-corrected chi connectivity index (χ3v) is 7.21. The highest BCUT2D eigenvalue weighted by Crippen LogP contribution is 2.37. The Labute approximate surface area is 195 Å². The van der Waals surface area contributed by atoms with E-state index in [4.69, 9.17) is 8.83 Å². The molecule has 0 spiro atoms. The summed E-state index contributed by atoms with van der Waals surface area (Å²) in [5.41, 5.74) is 4.15. The summed E-state index contributed by atoms with van der Waals surface area (Å²) in [6.07, 6.45) is 6.60. The molecule has 0 aliphatic heterocycles. The van der Waals surface area contributed by atoms with Crippen LogP contribution in [0.2, 0.25) is 0 Å². The number of carboxylic acids is 1. The minimum absolute atomic E-state index is 0.0164. The van der Waals surface area contributed by atoms with Gasteiger partial charge in [-0.2, -0.15) is 11.8 Å². The number of hydrogen-bond donors (Lipinski definition) is 2. The maximum Gasteiger partial charge on any atom is 0.339 e. The fourth-order valence-electron chi connectivity index (χ4n) is 4.70. The van der Waals surface area contributed by atoms with E-state index in [9.17, 15) is 19.5 Å². The number of furan rings is 1. The molecular weight excluding hydrogens is 442 g/mol. The van der Waals surface area contributed by atoms with Crippen LogP contribution in [0.4, 0.5) is 0 Å². The van der Waals surface area contributed by atoms with Gasteiger partial charge < -0.3 is 19.3 Å². The van der Waals surface area contributed by atoms with Crippen molar-refractivity contribution >= 4 is 45.6 Å². The zero-order valence-electron chi connectivity index (χ0n) is 19.2. The van der Waals surface area contributed by atoms with Crippen LogP contribution in [0.1, 0.15) is 53.7 Å². The third-order valence-electron chi connectivity index (χ3n) is 6.57. The summed E-state index contributed by atoms with van der Waals surface area (Å²) in [5, 5.41) is 13.8. The smallest absolute Gasteiger partial charge is 0.339 e. The van der Waals surface area contributed by atoms with Crippen molar-refractivity contribution in [3.8, 4) is 0 Å². The first kappa shape index (κ1) is 23.4. The maximum atomic E-state index is 12.8. The number of nitrogens with one attached hydrogen (secondary N) is 1. The van der Waals surface area contributed by atoms with Crippen LogP contribution in [0.25, 0.3) is 21.9 Å². The molecule has 0 unspecified atom stereocenters. The largest absolute Gasteiger partial charge is 0.480 e. The van der Waals surface area contributed by atoms with Gasteiger partial charge in [0.2, 0.25) is 5.91 Å². The molecule has 2 N–H and O–H groups in total. The average molecular weight is 472 g/mol. The standard InChI is InChI=1S/C25H29NO6S/c1-13-15(8-9-21(27)26-19(24(28)29)10-11-33-3)25(30)32-22-14(2)23-18(12-17(13)22)16-6-4-5-7-20(16)31-23/h12,19H,4-11H2,1-3H3,(H,26,27)(H,28,29)/t19-/m1/s1. The van der Waals surface area contributed by atoms with Crippen LogP contribution in [-0.4, -0.2) is 35.0 Å². The summed E-state index contributed by atoms with van der Waals surface area (Å²) in [5.74, 6) is 0.219. The molecule has 2 aromatic heterocycles. The molecule has 0 radical (unpaired) electrons. The molecule has 8 heteroatoms.